The van der Waals surface area contributed by atoms with Crippen LogP contribution in [-0.4, -0.2) is 41.2 Å². The third kappa shape index (κ3) is 4.96. The molecule has 0 saturated heterocycles. The van der Waals surface area contributed by atoms with E-state index in [4.69, 9.17) is 0 Å². The molecule has 0 fully saturated rings. The minimum atomic E-state index is 0.0147. The van der Waals surface area contributed by atoms with Crippen LogP contribution >= 0.6 is 0 Å². The summed E-state index contributed by atoms with van der Waals surface area (Å²) in [5.74, 6) is 1.81. The summed E-state index contributed by atoms with van der Waals surface area (Å²) < 4.78 is 1.88. The Morgan fingerprint density at radius 2 is 1.81 bits per heavy atom. The molecule has 0 unspecified atom stereocenters. The van der Waals surface area contributed by atoms with Gasteiger partial charge >= 0.3 is 0 Å². The fraction of sp³-hybridized carbons (Fsp3) is 0.333. The van der Waals surface area contributed by atoms with Crippen LogP contribution < -0.4 is 0 Å². The van der Waals surface area contributed by atoms with Gasteiger partial charge in [-0.25, -0.2) is 9.67 Å². The molecule has 0 spiro atoms. The van der Waals surface area contributed by atoms with Crippen LogP contribution in [0.25, 0.3) is 22.5 Å². The van der Waals surface area contributed by atoms with Crippen LogP contribution in [0.4, 0.5) is 0 Å². The van der Waals surface area contributed by atoms with Crippen LogP contribution in [0.1, 0.15) is 61.5 Å². The molecule has 0 aliphatic rings. The Labute approximate surface area is 187 Å². The van der Waals surface area contributed by atoms with Gasteiger partial charge in [-0.05, 0) is 40.8 Å². The molecule has 4 aromatic rings. The molecule has 2 heterocycles. The lowest BCUT2D eigenvalue weighted by Gasteiger charge is -2.08. The normalized spacial score (nSPS) is 11.1. The van der Waals surface area contributed by atoms with E-state index in [0.717, 1.165) is 53.8 Å². The van der Waals surface area contributed by atoms with E-state index >= 15 is 0 Å². The number of H-pyrrole nitrogens is 1. The van der Waals surface area contributed by atoms with Crippen molar-refractivity contribution in [3.05, 3.63) is 65.7 Å². The molecule has 32 heavy (non-hydrogen) atoms. The van der Waals surface area contributed by atoms with Crippen molar-refractivity contribution in [2.45, 2.75) is 52.5 Å². The summed E-state index contributed by atoms with van der Waals surface area (Å²) >= 11 is 0. The number of ketones is 1. The van der Waals surface area contributed by atoms with Crippen molar-refractivity contribution in [1.82, 2.24) is 35.4 Å². The number of hydrogen-bond donors (Lipinski definition) is 1. The van der Waals surface area contributed by atoms with Gasteiger partial charge in [0.2, 0.25) is 17.4 Å². The molecular weight excluding hydrogens is 402 g/mol. The first kappa shape index (κ1) is 21.5. The maximum atomic E-state index is 12.3. The monoisotopic (exact) mass is 429 g/mol. The van der Waals surface area contributed by atoms with Gasteiger partial charge in [0.05, 0.1) is 6.54 Å². The van der Waals surface area contributed by atoms with Gasteiger partial charge in [-0.2, -0.15) is 5.21 Å². The minimum Gasteiger partial charge on any atom is -0.291 e. The second-order valence-electron chi connectivity index (χ2n) is 7.80. The van der Waals surface area contributed by atoms with Crippen LogP contribution in [0.5, 0.6) is 0 Å². The van der Waals surface area contributed by atoms with Crippen molar-refractivity contribution in [1.29, 1.82) is 0 Å². The second-order valence-corrected chi connectivity index (χ2v) is 7.80. The van der Waals surface area contributed by atoms with Crippen LogP contribution in [0.15, 0.2) is 48.5 Å². The summed E-state index contributed by atoms with van der Waals surface area (Å²) in [7, 11) is 0. The van der Waals surface area contributed by atoms with Crippen LogP contribution in [0.2, 0.25) is 0 Å². The maximum Gasteiger partial charge on any atom is 0.217 e. The number of benzene rings is 2. The van der Waals surface area contributed by atoms with Crippen molar-refractivity contribution in [2.24, 2.45) is 0 Å². The summed E-state index contributed by atoms with van der Waals surface area (Å²) in [6.07, 6.45) is 4.20. The molecule has 1 N–H and O–H groups in total. The Morgan fingerprint density at radius 3 is 2.53 bits per heavy atom. The lowest BCUT2D eigenvalue weighted by molar-refractivity contribution is 0.0971. The molecule has 0 amide bonds. The van der Waals surface area contributed by atoms with E-state index in [1.165, 1.54) is 0 Å². The van der Waals surface area contributed by atoms with Crippen molar-refractivity contribution in [2.75, 3.05) is 0 Å². The number of aromatic nitrogens is 7. The number of carbonyl (C=O) groups is 1. The Bertz CT molecular complexity index is 1160. The van der Waals surface area contributed by atoms with Gasteiger partial charge in [-0.15, -0.1) is 15.3 Å². The largest absolute Gasteiger partial charge is 0.291 e. The number of aromatic amines is 1. The van der Waals surface area contributed by atoms with Gasteiger partial charge in [-0.3, -0.25) is 4.79 Å². The molecule has 0 radical (unpaired) electrons. The number of nitrogens with zero attached hydrogens (tertiary/aromatic N) is 6. The predicted octanol–water partition coefficient (Wildman–Crippen LogP) is 4.50. The van der Waals surface area contributed by atoms with Gasteiger partial charge in [0.1, 0.15) is 5.82 Å². The number of carbonyl (C=O) groups excluding carboxylic acids is 1. The number of Topliss-reactive ketones (excluding diaryl/α,β-unsaturated/α-hetero) is 1. The fourth-order valence-corrected chi connectivity index (χ4v) is 3.58. The number of unbranched alkanes of at least 4 members (excludes halogenated alkanes) is 1. The highest BCUT2D eigenvalue weighted by atomic mass is 16.1. The molecule has 0 atom stereocenters. The van der Waals surface area contributed by atoms with E-state index in [1.807, 2.05) is 29.8 Å². The van der Waals surface area contributed by atoms with Gasteiger partial charge in [0.25, 0.3) is 0 Å². The average molecular weight is 430 g/mol. The number of rotatable bonds is 10. The van der Waals surface area contributed by atoms with Crippen LogP contribution in [0.3, 0.4) is 0 Å². The summed E-state index contributed by atoms with van der Waals surface area (Å²) in [5, 5.41) is 18.7. The maximum absolute atomic E-state index is 12.3. The zero-order chi connectivity index (χ0) is 22.3. The Kier molecular flexibility index (Phi) is 6.79. The minimum absolute atomic E-state index is 0.0147. The van der Waals surface area contributed by atoms with E-state index in [0.29, 0.717) is 24.6 Å². The molecule has 8 nitrogen and oxygen atoms in total. The molecular formula is C24H27N7O. The topological polar surface area (TPSA) is 102 Å². The molecule has 2 aromatic heterocycles. The lowest BCUT2D eigenvalue weighted by Crippen LogP contribution is -2.08. The third-order valence-corrected chi connectivity index (χ3v) is 5.31. The summed E-state index contributed by atoms with van der Waals surface area (Å²) in [6.45, 7) is 4.73. The first-order valence-corrected chi connectivity index (χ1v) is 11.1. The molecule has 2 aromatic carbocycles. The Hall–Kier alpha value is -3.68. The highest BCUT2D eigenvalue weighted by molar-refractivity contribution is 5.92. The number of hydrogen-bond acceptors (Lipinski definition) is 6. The third-order valence-electron chi connectivity index (χ3n) is 5.31. The molecule has 8 heteroatoms. The quantitative estimate of drug-likeness (QED) is 0.372. The fourth-order valence-electron chi connectivity index (χ4n) is 3.58. The lowest BCUT2D eigenvalue weighted by atomic mass is 10.0. The summed E-state index contributed by atoms with van der Waals surface area (Å²) in [6, 6.07) is 16.4. The number of aryl methyl sites for hydroxylation is 1. The van der Waals surface area contributed by atoms with E-state index in [2.05, 4.69) is 68.0 Å². The van der Waals surface area contributed by atoms with Crippen LogP contribution in [-0.2, 0) is 13.0 Å². The van der Waals surface area contributed by atoms with E-state index in [-0.39, 0.29) is 5.78 Å². The van der Waals surface area contributed by atoms with Gasteiger partial charge in [0, 0.05) is 18.4 Å². The molecule has 0 saturated carbocycles. The molecule has 0 aliphatic heterocycles. The van der Waals surface area contributed by atoms with Crippen molar-refractivity contribution >= 4 is 5.78 Å². The molecule has 4 rings (SSSR count). The van der Waals surface area contributed by atoms with Gasteiger partial charge in [-0.1, -0.05) is 62.7 Å². The molecule has 0 aliphatic carbocycles. The van der Waals surface area contributed by atoms with Crippen molar-refractivity contribution < 1.29 is 4.79 Å². The highest BCUT2D eigenvalue weighted by Gasteiger charge is 2.16. The Balaban J connectivity index is 1.54. The first-order valence-electron chi connectivity index (χ1n) is 11.1. The Morgan fingerprint density at radius 1 is 1.00 bits per heavy atom. The average Bonchev–Trinajstić information content (AvgIpc) is 3.49. The number of tetrazole rings is 1. The first-order chi connectivity index (χ1) is 15.7. The van der Waals surface area contributed by atoms with Crippen molar-refractivity contribution in [3.8, 4) is 22.5 Å². The number of nitrogens with one attached hydrogen (secondary N) is 1. The second kappa shape index (κ2) is 10.1. The zero-order valence-electron chi connectivity index (χ0n) is 18.5. The smallest absolute Gasteiger partial charge is 0.217 e. The standard InChI is InChI=1S/C24H27N7O/c1-3-5-10-22-25-24(21(32)7-4-2)28-31(22)16-17-11-13-18(14-12-17)19-8-6-9-20(15-19)23-26-29-30-27-23/h6,8-9,11-15H,3-5,7,10,16H2,1-2H3,(H,26,27,29,30). The van der Waals surface area contributed by atoms with E-state index < -0.39 is 0 Å². The van der Waals surface area contributed by atoms with E-state index in [1.54, 1.807) is 0 Å². The molecule has 164 valence electrons. The van der Waals surface area contributed by atoms with Gasteiger partial charge in [0.15, 0.2) is 0 Å². The van der Waals surface area contributed by atoms with Crippen molar-refractivity contribution in [3.63, 3.8) is 0 Å². The molecule has 0 bridgehead atoms. The van der Waals surface area contributed by atoms with E-state index in [9.17, 15) is 4.79 Å². The van der Waals surface area contributed by atoms with Crippen LogP contribution in [0, 0.1) is 0 Å². The zero-order valence-corrected chi connectivity index (χ0v) is 18.5. The summed E-state index contributed by atoms with van der Waals surface area (Å²) in [5.41, 5.74) is 4.20. The van der Waals surface area contributed by atoms with Gasteiger partial charge < -0.3 is 0 Å². The summed E-state index contributed by atoms with van der Waals surface area (Å²) in [4.78, 5) is 16.8. The predicted molar refractivity (Wildman–Crippen MR) is 122 cm³/mol. The SMILES string of the molecule is CCCCc1nc(C(=O)CCC)nn1Cc1ccc(-c2cccc(-c3nn[nH]n3)c2)cc1. The highest BCUT2D eigenvalue weighted by Crippen LogP contribution is 2.24.